The van der Waals surface area contributed by atoms with Crippen LogP contribution in [-0.2, 0) is 4.74 Å². The fourth-order valence-corrected chi connectivity index (χ4v) is 7.68. The summed E-state index contributed by atoms with van der Waals surface area (Å²) in [6, 6.07) is 26.1. The minimum atomic E-state index is -0.588. The highest BCUT2D eigenvalue weighted by atomic mass is 35.5. The van der Waals surface area contributed by atoms with Crippen molar-refractivity contribution in [3.05, 3.63) is 118 Å². The maximum Gasteiger partial charge on any atom is 0.410 e. The summed E-state index contributed by atoms with van der Waals surface area (Å²) in [4.78, 5) is 39.8. The van der Waals surface area contributed by atoms with Crippen LogP contribution in [0, 0.1) is 0 Å². The number of methoxy groups -OCH3 is 1. The van der Waals surface area contributed by atoms with Crippen LogP contribution in [0.25, 0.3) is 33.4 Å². The zero-order valence-corrected chi connectivity index (χ0v) is 33.4. The predicted molar refractivity (Wildman–Crippen MR) is 221 cm³/mol. The van der Waals surface area contributed by atoms with Crippen molar-refractivity contribution in [3.63, 3.8) is 0 Å². The van der Waals surface area contributed by atoms with Gasteiger partial charge >= 0.3 is 6.09 Å². The Bertz CT molecular complexity index is 2380. The van der Waals surface area contributed by atoms with E-state index in [1.165, 1.54) is 0 Å². The average Bonchev–Trinajstić information content (AvgIpc) is 3.76. The van der Waals surface area contributed by atoms with Crippen LogP contribution < -0.4 is 15.0 Å². The minimum Gasteiger partial charge on any atom is -0.497 e. The molecule has 7 rings (SSSR count). The number of hydrogen-bond donors (Lipinski definition) is 2. The van der Waals surface area contributed by atoms with Crippen molar-refractivity contribution in [2.45, 2.75) is 39.3 Å². The molecule has 4 aromatic carbocycles. The number of ether oxygens (including phenoxy) is 2. The van der Waals surface area contributed by atoms with E-state index in [1.54, 1.807) is 36.5 Å². The summed E-state index contributed by atoms with van der Waals surface area (Å²) in [5.41, 5.74) is 5.51. The number of imidazole rings is 1. The number of nitrogens with zero attached hydrogens (tertiary/aromatic N) is 4. The number of H-pyrrole nitrogens is 1. The Hall–Kier alpha value is -5.16. The summed E-state index contributed by atoms with van der Waals surface area (Å²) in [6.45, 7) is 9.59. The first kappa shape index (κ1) is 38.1. The molecule has 0 aliphatic carbocycles. The largest absolute Gasteiger partial charge is 0.497 e. The third-order valence-corrected chi connectivity index (χ3v) is 10.4. The Balaban J connectivity index is 1.32. The van der Waals surface area contributed by atoms with Crippen molar-refractivity contribution < 1.29 is 19.1 Å². The second kappa shape index (κ2) is 15.5. The highest BCUT2D eigenvalue weighted by Gasteiger charge is 2.30. The van der Waals surface area contributed by atoms with Crippen molar-refractivity contribution in [1.29, 1.82) is 0 Å². The van der Waals surface area contributed by atoms with Gasteiger partial charge in [0.1, 0.15) is 17.0 Å². The maximum absolute atomic E-state index is 14.8. The van der Waals surface area contributed by atoms with Crippen molar-refractivity contribution >= 4 is 69.1 Å². The van der Waals surface area contributed by atoms with Crippen LogP contribution in [0.5, 0.6) is 5.75 Å². The number of carbonyl (C=O) groups is 2. The van der Waals surface area contributed by atoms with E-state index in [0.29, 0.717) is 80.8 Å². The molecule has 2 amide bonds. The zero-order chi connectivity index (χ0) is 39.0. The molecule has 0 spiro atoms. The smallest absolute Gasteiger partial charge is 0.410 e. The number of piperazine rings is 1. The molecule has 1 saturated heterocycles. The van der Waals surface area contributed by atoms with Crippen LogP contribution in [0.2, 0.25) is 15.1 Å². The van der Waals surface area contributed by atoms with Crippen LogP contribution >= 0.6 is 34.8 Å². The van der Waals surface area contributed by atoms with Gasteiger partial charge in [0.05, 0.1) is 42.2 Å². The van der Waals surface area contributed by atoms with Crippen LogP contribution in [0.1, 0.15) is 49.8 Å². The van der Waals surface area contributed by atoms with Gasteiger partial charge < -0.3 is 34.1 Å². The molecule has 0 bridgehead atoms. The van der Waals surface area contributed by atoms with E-state index in [1.807, 2.05) is 99.0 Å². The molecule has 1 unspecified atom stereocenters. The van der Waals surface area contributed by atoms with Gasteiger partial charge in [0.25, 0.3) is 5.91 Å². The highest BCUT2D eigenvalue weighted by Crippen LogP contribution is 2.43. The number of amides is 2. The number of aromatic amines is 1. The van der Waals surface area contributed by atoms with Crippen molar-refractivity contribution in [1.82, 2.24) is 19.4 Å². The first-order chi connectivity index (χ1) is 26.3. The molecule has 3 heterocycles. The Morgan fingerprint density at radius 1 is 0.891 bits per heavy atom. The van der Waals surface area contributed by atoms with Gasteiger partial charge in [-0.15, -0.1) is 0 Å². The van der Waals surface area contributed by atoms with E-state index in [0.717, 1.165) is 22.2 Å². The number of aromatic nitrogens is 3. The SMILES string of the molecule is COc1ccc(N2CCN(C(=O)OC(C)(C)C)CC2)c(NC(=O)c2[nH]c3cc(Cl)ccc3c2-c2c(-c3ccccc3)ncn2C(C)c2ccc(Cl)cc2Cl)c1. The van der Waals surface area contributed by atoms with E-state index < -0.39 is 5.60 Å². The minimum absolute atomic E-state index is 0.303. The van der Waals surface area contributed by atoms with Crippen molar-refractivity contribution in [2.24, 2.45) is 0 Å². The maximum atomic E-state index is 14.8. The standard InChI is InChI=1S/C42H41Cl3N6O4/c1-25(30-14-11-27(43)21-32(30)45)51-24-46-37(26-9-7-6-8-10-26)39(51)36-31-15-12-28(44)22-33(31)47-38(36)40(52)48-34-23-29(54-5)13-16-35(34)49-17-19-50(20-18-49)41(53)55-42(2,3)4/h6-16,21-25,47H,17-20H2,1-5H3,(H,48,52). The molecular formula is C42H41Cl3N6O4. The molecule has 6 aromatic rings. The van der Waals surface area contributed by atoms with E-state index in [4.69, 9.17) is 49.3 Å². The predicted octanol–water partition coefficient (Wildman–Crippen LogP) is 10.6. The highest BCUT2D eigenvalue weighted by molar-refractivity contribution is 6.35. The van der Waals surface area contributed by atoms with Crippen LogP contribution in [0.15, 0.2) is 91.3 Å². The van der Waals surface area contributed by atoms with Crippen LogP contribution in [-0.4, -0.2) is 70.3 Å². The molecule has 55 heavy (non-hydrogen) atoms. The van der Waals surface area contributed by atoms with E-state index in [9.17, 15) is 9.59 Å². The number of carbonyl (C=O) groups excluding carboxylic acids is 2. The molecule has 0 saturated carbocycles. The quantitative estimate of drug-likeness (QED) is 0.159. The molecular weight excluding hydrogens is 759 g/mol. The van der Waals surface area contributed by atoms with Gasteiger partial charge in [-0.3, -0.25) is 4.79 Å². The summed E-state index contributed by atoms with van der Waals surface area (Å²) in [5, 5.41) is 5.55. The lowest BCUT2D eigenvalue weighted by molar-refractivity contribution is 0.0240. The lowest BCUT2D eigenvalue weighted by atomic mass is 9.99. The monoisotopic (exact) mass is 798 g/mol. The fraction of sp³-hybridized carbons (Fsp3) is 0.262. The molecule has 1 fully saturated rings. The molecule has 0 radical (unpaired) electrons. The number of fused-ring (bicyclic) bond motifs is 1. The third kappa shape index (κ3) is 7.99. The number of rotatable bonds is 8. The second-order valence-corrected chi connectivity index (χ2v) is 15.7. The first-order valence-corrected chi connectivity index (χ1v) is 19.1. The summed E-state index contributed by atoms with van der Waals surface area (Å²) in [6.07, 6.45) is 1.43. The normalized spacial score (nSPS) is 13.9. The summed E-state index contributed by atoms with van der Waals surface area (Å²) < 4.78 is 13.2. The molecule has 13 heteroatoms. The van der Waals surface area contributed by atoms with Gasteiger partial charge in [0, 0.05) is 69.3 Å². The van der Waals surface area contributed by atoms with Gasteiger partial charge in [-0.05, 0) is 69.7 Å². The number of hydrogen-bond acceptors (Lipinski definition) is 6. The Morgan fingerprint density at radius 3 is 2.29 bits per heavy atom. The lowest BCUT2D eigenvalue weighted by Crippen LogP contribution is -2.50. The lowest BCUT2D eigenvalue weighted by Gasteiger charge is -2.37. The van der Waals surface area contributed by atoms with E-state index >= 15 is 0 Å². The Labute approximate surface area is 334 Å². The van der Waals surface area contributed by atoms with E-state index in [-0.39, 0.29) is 18.0 Å². The van der Waals surface area contributed by atoms with Crippen molar-refractivity contribution in [3.8, 4) is 28.3 Å². The van der Waals surface area contributed by atoms with E-state index in [2.05, 4.69) is 15.2 Å². The molecule has 1 aliphatic heterocycles. The van der Waals surface area contributed by atoms with Crippen LogP contribution in [0.4, 0.5) is 16.2 Å². The molecule has 2 N–H and O–H groups in total. The third-order valence-electron chi connectivity index (χ3n) is 9.62. The van der Waals surface area contributed by atoms with Crippen LogP contribution in [0.3, 0.4) is 0 Å². The molecule has 10 nitrogen and oxygen atoms in total. The summed E-state index contributed by atoms with van der Waals surface area (Å²) >= 11 is 19.6. The second-order valence-electron chi connectivity index (χ2n) is 14.4. The summed E-state index contributed by atoms with van der Waals surface area (Å²) in [5.74, 6) is 0.196. The number of anilines is 2. The van der Waals surface area contributed by atoms with Gasteiger partial charge in [-0.1, -0.05) is 77.3 Å². The first-order valence-electron chi connectivity index (χ1n) is 17.9. The Morgan fingerprint density at radius 2 is 1.60 bits per heavy atom. The van der Waals surface area contributed by atoms with Gasteiger partial charge in [0.2, 0.25) is 0 Å². The van der Waals surface area contributed by atoms with Gasteiger partial charge in [-0.2, -0.15) is 0 Å². The molecule has 1 aliphatic rings. The van der Waals surface area contributed by atoms with Gasteiger partial charge in [0.15, 0.2) is 0 Å². The zero-order valence-electron chi connectivity index (χ0n) is 31.1. The number of nitrogens with one attached hydrogen (secondary N) is 2. The molecule has 284 valence electrons. The number of benzene rings is 4. The average molecular weight is 800 g/mol. The topological polar surface area (TPSA) is 105 Å². The van der Waals surface area contributed by atoms with Gasteiger partial charge in [-0.25, -0.2) is 9.78 Å². The Kier molecular flexibility index (Phi) is 10.8. The fourth-order valence-electron chi connectivity index (χ4n) is 6.94. The molecule has 1 atom stereocenters. The molecule has 2 aromatic heterocycles. The number of halogens is 3. The summed E-state index contributed by atoms with van der Waals surface area (Å²) in [7, 11) is 1.58. The van der Waals surface area contributed by atoms with Crippen molar-refractivity contribution in [2.75, 3.05) is 43.5 Å².